The van der Waals surface area contributed by atoms with Gasteiger partial charge in [0.2, 0.25) is 0 Å². The van der Waals surface area contributed by atoms with E-state index in [-0.39, 0.29) is 12.1 Å². The number of aryl methyl sites for hydroxylation is 2. The lowest BCUT2D eigenvalue weighted by Crippen LogP contribution is -2.29. The largest absolute Gasteiger partial charge is 0.489 e. The van der Waals surface area contributed by atoms with Crippen molar-refractivity contribution in [3.63, 3.8) is 0 Å². The molecule has 2 rings (SSSR count). The first-order valence-corrected chi connectivity index (χ1v) is 7.16. The molecule has 3 N–H and O–H groups in total. The fourth-order valence-electron chi connectivity index (χ4n) is 2.37. The molecule has 1 atom stereocenters. The molecule has 0 bridgehead atoms. The standard InChI is InChI=1S/C17H23N3O/c1-11(2)21-15-8-14(9-19-10-15)17(20-18)16-7-12(3)5-6-13(16)4/h5-11,17,20H,18H2,1-4H3. The Balaban J connectivity index is 2.39. The van der Waals surface area contributed by atoms with Gasteiger partial charge in [-0.2, -0.15) is 0 Å². The number of benzene rings is 1. The number of pyridine rings is 1. The van der Waals surface area contributed by atoms with Gasteiger partial charge in [0.1, 0.15) is 5.75 Å². The second-order valence-electron chi connectivity index (χ2n) is 5.58. The first-order valence-electron chi connectivity index (χ1n) is 7.16. The van der Waals surface area contributed by atoms with Crippen molar-refractivity contribution in [2.75, 3.05) is 0 Å². The molecule has 0 fully saturated rings. The van der Waals surface area contributed by atoms with Crippen LogP contribution in [0, 0.1) is 13.8 Å². The number of aromatic nitrogens is 1. The first-order chi connectivity index (χ1) is 10.0. The number of nitrogens with zero attached hydrogens (tertiary/aromatic N) is 1. The third kappa shape index (κ3) is 3.80. The molecule has 1 unspecified atom stereocenters. The molecular formula is C17H23N3O. The SMILES string of the molecule is Cc1ccc(C)c(C(NN)c2cncc(OC(C)C)c2)c1. The first kappa shape index (κ1) is 15.5. The van der Waals surface area contributed by atoms with Crippen LogP contribution in [0.5, 0.6) is 5.75 Å². The minimum Gasteiger partial charge on any atom is -0.489 e. The Morgan fingerprint density at radius 2 is 1.90 bits per heavy atom. The highest BCUT2D eigenvalue weighted by Gasteiger charge is 2.16. The highest BCUT2D eigenvalue weighted by molar-refractivity contribution is 5.40. The van der Waals surface area contributed by atoms with Crippen molar-refractivity contribution >= 4 is 0 Å². The van der Waals surface area contributed by atoms with E-state index in [1.54, 1.807) is 6.20 Å². The molecule has 1 aromatic carbocycles. The van der Waals surface area contributed by atoms with Crippen LogP contribution in [0.4, 0.5) is 0 Å². The van der Waals surface area contributed by atoms with Gasteiger partial charge in [0.25, 0.3) is 0 Å². The number of hydrogen-bond donors (Lipinski definition) is 2. The van der Waals surface area contributed by atoms with Gasteiger partial charge in [0.15, 0.2) is 0 Å². The van der Waals surface area contributed by atoms with Crippen molar-refractivity contribution < 1.29 is 4.74 Å². The molecule has 4 nitrogen and oxygen atoms in total. The van der Waals surface area contributed by atoms with Gasteiger partial charge < -0.3 is 4.74 Å². The van der Waals surface area contributed by atoms with Crippen molar-refractivity contribution in [1.82, 2.24) is 10.4 Å². The molecule has 1 aromatic heterocycles. The molecule has 0 aliphatic carbocycles. The monoisotopic (exact) mass is 285 g/mol. The summed E-state index contributed by atoms with van der Waals surface area (Å²) in [6, 6.07) is 8.24. The van der Waals surface area contributed by atoms with Gasteiger partial charge >= 0.3 is 0 Å². The summed E-state index contributed by atoms with van der Waals surface area (Å²) in [5.41, 5.74) is 7.43. The lowest BCUT2D eigenvalue weighted by Gasteiger charge is -2.20. The fraction of sp³-hybridized carbons (Fsp3) is 0.353. The summed E-state index contributed by atoms with van der Waals surface area (Å²) >= 11 is 0. The average Bonchev–Trinajstić information content (AvgIpc) is 2.43. The third-order valence-electron chi connectivity index (χ3n) is 3.35. The van der Waals surface area contributed by atoms with Crippen molar-refractivity contribution in [1.29, 1.82) is 0 Å². The van der Waals surface area contributed by atoms with Crippen molar-refractivity contribution in [2.24, 2.45) is 5.84 Å². The molecule has 1 heterocycles. The summed E-state index contributed by atoms with van der Waals surface area (Å²) in [5, 5.41) is 0. The van der Waals surface area contributed by atoms with Crippen LogP contribution in [-0.2, 0) is 0 Å². The predicted molar refractivity (Wildman–Crippen MR) is 85.1 cm³/mol. The lowest BCUT2D eigenvalue weighted by molar-refractivity contribution is 0.241. The van der Waals surface area contributed by atoms with Gasteiger partial charge in [0.05, 0.1) is 18.3 Å². The van der Waals surface area contributed by atoms with E-state index >= 15 is 0 Å². The molecule has 0 saturated heterocycles. The summed E-state index contributed by atoms with van der Waals surface area (Å²) in [5.74, 6) is 6.55. The number of ether oxygens (including phenoxy) is 1. The van der Waals surface area contributed by atoms with Gasteiger partial charge in [-0.15, -0.1) is 0 Å². The van der Waals surface area contributed by atoms with E-state index in [1.807, 2.05) is 26.1 Å². The van der Waals surface area contributed by atoms with Crippen LogP contribution in [0.15, 0.2) is 36.7 Å². The predicted octanol–water partition coefficient (Wildman–Crippen LogP) is 3.04. The van der Waals surface area contributed by atoms with Gasteiger partial charge in [-0.05, 0) is 50.5 Å². The van der Waals surface area contributed by atoms with E-state index in [0.717, 1.165) is 16.9 Å². The quantitative estimate of drug-likeness (QED) is 0.655. The van der Waals surface area contributed by atoms with Gasteiger partial charge in [-0.25, -0.2) is 5.43 Å². The zero-order valence-corrected chi connectivity index (χ0v) is 13.1. The highest BCUT2D eigenvalue weighted by Crippen LogP contribution is 2.27. The zero-order valence-electron chi connectivity index (χ0n) is 13.1. The van der Waals surface area contributed by atoms with Crippen LogP contribution in [0.1, 0.15) is 42.1 Å². The number of nitrogens with one attached hydrogen (secondary N) is 1. The number of hydrazine groups is 1. The van der Waals surface area contributed by atoms with Crippen molar-refractivity contribution in [3.8, 4) is 5.75 Å². The smallest absolute Gasteiger partial charge is 0.138 e. The van der Waals surface area contributed by atoms with E-state index < -0.39 is 0 Å². The highest BCUT2D eigenvalue weighted by atomic mass is 16.5. The van der Waals surface area contributed by atoms with Gasteiger partial charge in [-0.1, -0.05) is 23.8 Å². The van der Waals surface area contributed by atoms with E-state index in [1.165, 1.54) is 11.1 Å². The summed E-state index contributed by atoms with van der Waals surface area (Å²) in [6.45, 7) is 8.15. The molecule has 0 spiro atoms. The normalized spacial score (nSPS) is 12.5. The molecule has 2 aromatic rings. The number of rotatable bonds is 5. The molecule has 0 radical (unpaired) electrons. The van der Waals surface area contributed by atoms with Crippen LogP contribution >= 0.6 is 0 Å². The second-order valence-corrected chi connectivity index (χ2v) is 5.58. The molecule has 4 heteroatoms. The van der Waals surface area contributed by atoms with Crippen LogP contribution in [0.2, 0.25) is 0 Å². The van der Waals surface area contributed by atoms with Crippen LogP contribution in [-0.4, -0.2) is 11.1 Å². The fourth-order valence-corrected chi connectivity index (χ4v) is 2.37. The Bertz CT molecular complexity index is 611. The average molecular weight is 285 g/mol. The second kappa shape index (κ2) is 6.70. The summed E-state index contributed by atoms with van der Waals surface area (Å²) in [7, 11) is 0. The summed E-state index contributed by atoms with van der Waals surface area (Å²) in [4.78, 5) is 4.26. The minimum atomic E-state index is -0.104. The zero-order chi connectivity index (χ0) is 15.4. The molecule has 0 aliphatic rings. The van der Waals surface area contributed by atoms with Crippen LogP contribution in [0.3, 0.4) is 0 Å². The van der Waals surface area contributed by atoms with E-state index in [4.69, 9.17) is 10.6 Å². The van der Waals surface area contributed by atoms with Gasteiger partial charge in [-0.3, -0.25) is 10.8 Å². The molecule has 0 amide bonds. The number of nitrogens with two attached hydrogens (primary N) is 1. The molecular weight excluding hydrogens is 262 g/mol. The van der Waals surface area contributed by atoms with Gasteiger partial charge in [0, 0.05) is 6.20 Å². The minimum absolute atomic E-state index is 0.104. The topological polar surface area (TPSA) is 60.2 Å². The van der Waals surface area contributed by atoms with Crippen LogP contribution in [0.25, 0.3) is 0 Å². The molecule has 112 valence electrons. The van der Waals surface area contributed by atoms with Crippen molar-refractivity contribution in [2.45, 2.75) is 39.8 Å². The lowest BCUT2D eigenvalue weighted by atomic mass is 9.95. The van der Waals surface area contributed by atoms with Crippen molar-refractivity contribution in [3.05, 3.63) is 58.9 Å². The third-order valence-corrected chi connectivity index (χ3v) is 3.35. The Morgan fingerprint density at radius 3 is 2.57 bits per heavy atom. The molecule has 21 heavy (non-hydrogen) atoms. The Morgan fingerprint density at radius 1 is 1.14 bits per heavy atom. The Labute approximate surface area is 126 Å². The summed E-state index contributed by atoms with van der Waals surface area (Å²) in [6.07, 6.45) is 3.66. The Kier molecular flexibility index (Phi) is 4.94. The summed E-state index contributed by atoms with van der Waals surface area (Å²) < 4.78 is 5.71. The molecule has 0 aliphatic heterocycles. The maximum atomic E-state index is 5.79. The number of hydrogen-bond acceptors (Lipinski definition) is 4. The maximum absolute atomic E-state index is 5.79. The van der Waals surface area contributed by atoms with E-state index in [0.29, 0.717) is 0 Å². The molecule has 0 saturated carbocycles. The van der Waals surface area contributed by atoms with E-state index in [2.05, 4.69) is 42.5 Å². The van der Waals surface area contributed by atoms with Crippen LogP contribution < -0.4 is 16.0 Å². The maximum Gasteiger partial charge on any atom is 0.138 e. The Hall–Kier alpha value is -1.91. The van der Waals surface area contributed by atoms with E-state index in [9.17, 15) is 0 Å².